The molecular weight excluding hydrogens is 550 g/mol. The highest BCUT2D eigenvalue weighted by molar-refractivity contribution is 14.1. The van der Waals surface area contributed by atoms with Crippen LogP contribution in [0.3, 0.4) is 0 Å². The van der Waals surface area contributed by atoms with Crippen molar-refractivity contribution < 1.29 is 19.4 Å². The van der Waals surface area contributed by atoms with Crippen molar-refractivity contribution in [3.05, 3.63) is 48.6 Å². The van der Waals surface area contributed by atoms with Gasteiger partial charge in [-0.3, -0.25) is 4.79 Å². The van der Waals surface area contributed by atoms with Gasteiger partial charge in [-0.05, 0) is 80.6 Å². The molecule has 2 rings (SSSR count). The van der Waals surface area contributed by atoms with E-state index in [4.69, 9.17) is 9.47 Å². The summed E-state index contributed by atoms with van der Waals surface area (Å²) in [5, 5.41) is 13.7. The summed E-state index contributed by atoms with van der Waals surface area (Å²) in [4.78, 5) is 12.0. The lowest BCUT2D eigenvalue weighted by atomic mass is 10.1. The maximum absolute atomic E-state index is 12.0. The maximum atomic E-state index is 12.0. The average molecular weight is 566 g/mol. The first-order valence-corrected chi connectivity index (χ1v) is 9.31. The molecule has 0 heterocycles. The largest absolute Gasteiger partial charge is 0.506 e. The minimum absolute atomic E-state index is 0.169. The fourth-order valence-electron chi connectivity index (χ4n) is 2.05. The van der Waals surface area contributed by atoms with Crippen LogP contribution in [0.15, 0.2) is 35.4 Å². The summed E-state index contributed by atoms with van der Waals surface area (Å²) in [5.41, 5.74) is 4.07. The monoisotopic (exact) mass is 566 g/mol. The molecule has 0 radical (unpaired) electrons. The van der Waals surface area contributed by atoms with Gasteiger partial charge in [0.1, 0.15) is 5.75 Å². The van der Waals surface area contributed by atoms with Crippen LogP contribution in [0.1, 0.15) is 11.1 Å². The molecule has 2 aromatic carbocycles. The molecule has 0 saturated carbocycles. The van der Waals surface area contributed by atoms with Gasteiger partial charge in [0.05, 0.1) is 34.0 Å². The number of hydrogen-bond acceptors (Lipinski definition) is 5. The minimum atomic E-state index is -0.244. The molecule has 0 aliphatic rings. The summed E-state index contributed by atoms with van der Waals surface area (Å²) in [6.07, 6.45) is 1.71. The zero-order valence-corrected chi connectivity index (χ0v) is 17.9. The first-order valence-electron chi connectivity index (χ1n) is 7.15. The highest BCUT2D eigenvalue weighted by Crippen LogP contribution is 2.28. The number of methoxy groups -OCH3 is 2. The number of aromatic hydroxyl groups is 1. The average Bonchev–Trinajstić information content (AvgIpc) is 2.59. The lowest BCUT2D eigenvalue weighted by molar-refractivity contribution is -0.120. The van der Waals surface area contributed by atoms with Crippen molar-refractivity contribution in [2.45, 2.75) is 6.42 Å². The molecule has 0 aliphatic heterocycles. The van der Waals surface area contributed by atoms with E-state index in [2.05, 4.69) is 10.5 Å². The number of carbonyl (C=O) groups excluding carboxylic acids is 1. The summed E-state index contributed by atoms with van der Waals surface area (Å²) >= 11 is 4.08. The minimum Gasteiger partial charge on any atom is -0.506 e. The van der Waals surface area contributed by atoms with Crippen LogP contribution in [-0.2, 0) is 11.2 Å². The fraction of sp³-hybridized carbons (Fsp3) is 0.176. The molecule has 0 aromatic heterocycles. The van der Waals surface area contributed by atoms with Gasteiger partial charge >= 0.3 is 0 Å². The Labute approximate surface area is 172 Å². The Morgan fingerprint density at radius 3 is 2.40 bits per heavy atom. The molecule has 0 spiro atoms. The third-order valence-corrected chi connectivity index (χ3v) is 4.90. The molecule has 8 heteroatoms. The van der Waals surface area contributed by atoms with Gasteiger partial charge in [-0.25, -0.2) is 5.43 Å². The Morgan fingerprint density at radius 2 is 1.80 bits per heavy atom. The SMILES string of the molecule is COc1ccc(CC(=O)N/N=C/c2cc(I)c(O)c(I)c2)cc1OC. The number of rotatable bonds is 6. The van der Waals surface area contributed by atoms with Crippen molar-refractivity contribution in [1.29, 1.82) is 0 Å². The lowest BCUT2D eigenvalue weighted by Crippen LogP contribution is -2.19. The van der Waals surface area contributed by atoms with Crippen LogP contribution in [0.2, 0.25) is 0 Å². The number of nitrogens with zero attached hydrogens (tertiary/aromatic N) is 1. The number of benzene rings is 2. The molecule has 6 nitrogen and oxygen atoms in total. The molecule has 2 aromatic rings. The molecule has 0 unspecified atom stereocenters. The quantitative estimate of drug-likeness (QED) is 0.320. The van der Waals surface area contributed by atoms with Gasteiger partial charge in [-0.15, -0.1) is 0 Å². The van der Waals surface area contributed by atoms with Crippen LogP contribution in [0, 0.1) is 7.14 Å². The van der Waals surface area contributed by atoms with Crippen molar-refractivity contribution in [3.8, 4) is 17.2 Å². The Balaban J connectivity index is 1.99. The highest BCUT2D eigenvalue weighted by atomic mass is 127. The summed E-state index contributed by atoms with van der Waals surface area (Å²) < 4.78 is 11.8. The molecule has 0 aliphatic carbocycles. The van der Waals surface area contributed by atoms with E-state index >= 15 is 0 Å². The molecule has 1 amide bonds. The first kappa shape index (κ1) is 19.8. The molecule has 0 bridgehead atoms. The number of carbonyl (C=O) groups is 1. The maximum Gasteiger partial charge on any atom is 0.244 e. The third-order valence-electron chi connectivity index (χ3n) is 3.25. The number of halogens is 2. The van der Waals surface area contributed by atoms with Gasteiger partial charge in [0.25, 0.3) is 0 Å². The van der Waals surface area contributed by atoms with E-state index in [1.807, 2.05) is 45.2 Å². The Morgan fingerprint density at radius 1 is 1.16 bits per heavy atom. The van der Waals surface area contributed by atoms with E-state index in [1.165, 1.54) is 6.21 Å². The summed E-state index contributed by atoms with van der Waals surface area (Å²) in [6.45, 7) is 0. The summed E-state index contributed by atoms with van der Waals surface area (Å²) in [6, 6.07) is 8.87. The van der Waals surface area contributed by atoms with Crippen LogP contribution in [0.25, 0.3) is 0 Å². The Kier molecular flexibility index (Phi) is 7.29. The Hall–Kier alpha value is -1.56. The van der Waals surface area contributed by atoms with E-state index in [0.29, 0.717) is 11.5 Å². The van der Waals surface area contributed by atoms with Crippen LogP contribution in [-0.4, -0.2) is 31.4 Å². The van der Waals surface area contributed by atoms with E-state index in [1.54, 1.807) is 44.6 Å². The van der Waals surface area contributed by atoms with Crippen LogP contribution in [0.4, 0.5) is 0 Å². The van der Waals surface area contributed by atoms with Crippen molar-refractivity contribution in [3.63, 3.8) is 0 Å². The second kappa shape index (κ2) is 9.22. The van der Waals surface area contributed by atoms with Crippen molar-refractivity contribution in [2.75, 3.05) is 14.2 Å². The standard InChI is InChI=1S/C17H16I2N2O4/c1-24-14-4-3-10(7-15(14)25-2)8-16(22)21-20-9-11-5-12(18)17(23)13(19)6-11/h3-7,9,23H,8H2,1-2H3,(H,21,22)/b20-9+. The molecule has 2 N–H and O–H groups in total. The zero-order valence-electron chi connectivity index (χ0n) is 13.5. The van der Waals surface area contributed by atoms with Crippen molar-refractivity contribution in [1.82, 2.24) is 5.43 Å². The summed E-state index contributed by atoms with van der Waals surface area (Å²) in [7, 11) is 3.11. The van der Waals surface area contributed by atoms with Crippen molar-refractivity contribution >= 4 is 57.3 Å². The van der Waals surface area contributed by atoms with E-state index in [0.717, 1.165) is 18.3 Å². The number of phenolic OH excluding ortho intramolecular Hbond substituents is 1. The molecule has 132 valence electrons. The second-order valence-corrected chi connectivity index (χ2v) is 7.32. The Bertz CT molecular complexity index is 786. The van der Waals surface area contributed by atoms with Crippen molar-refractivity contribution in [2.24, 2.45) is 5.10 Å². The van der Waals surface area contributed by atoms with Gasteiger partial charge in [-0.2, -0.15) is 5.10 Å². The second-order valence-electron chi connectivity index (χ2n) is 4.99. The molecule has 25 heavy (non-hydrogen) atoms. The topological polar surface area (TPSA) is 80.2 Å². The van der Waals surface area contributed by atoms with Gasteiger partial charge in [-0.1, -0.05) is 6.07 Å². The fourth-order valence-corrected chi connectivity index (χ4v) is 3.87. The molecule has 0 fully saturated rings. The number of nitrogens with one attached hydrogen (secondary N) is 1. The smallest absolute Gasteiger partial charge is 0.244 e. The van der Waals surface area contributed by atoms with Crippen LogP contribution in [0.5, 0.6) is 17.2 Å². The van der Waals surface area contributed by atoms with E-state index in [9.17, 15) is 9.90 Å². The number of phenols is 1. The summed E-state index contributed by atoms with van der Waals surface area (Å²) in [5.74, 6) is 1.19. The van der Waals surface area contributed by atoms with Crippen LogP contribution >= 0.6 is 45.2 Å². The normalized spacial score (nSPS) is 10.7. The number of ether oxygens (including phenoxy) is 2. The molecular formula is C17H16I2N2O4. The van der Waals surface area contributed by atoms with Crippen LogP contribution < -0.4 is 14.9 Å². The number of hydrogen-bond donors (Lipinski definition) is 2. The van der Waals surface area contributed by atoms with Gasteiger partial charge in [0.15, 0.2) is 11.5 Å². The van der Waals surface area contributed by atoms with Gasteiger partial charge in [0.2, 0.25) is 5.91 Å². The van der Waals surface area contributed by atoms with Gasteiger partial charge in [0, 0.05) is 0 Å². The highest BCUT2D eigenvalue weighted by Gasteiger charge is 2.08. The predicted molar refractivity (Wildman–Crippen MR) is 113 cm³/mol. The molecule has 0 atom stereocenters. The lowest BCUT2D eigenvalue weighted by Gasteiger charge is -2.09. The number of hydrazone groups is 1. The van der Waals surface area contributed by atoms with E-state index in [-0.39, 0.29) is 18.1 Å². The van der Waals surface area contributed by atoms with Gasteiger partial charge < -0.3 is 14.6 Å². The number of amides is 1. The predicted octanol–water partition coefficient (Wildman–Crippen LogP) is 3.31. The zero-order chi connectivity index (χ0) is 18.4. The molecule has 0 saturated heterocycles. The first-order chi connectivity index (χ1) is 11.9. The third kappa shape index (κ3) is 5.46. The van der Waals surface area contributed by atoms with E-state index < -0.39 is 0 Å².